The quantitative estimate of drug-likeness (QED) is 0.880. The Kier molecular flexibility index (Phi) is 4.35. The highest BCUT2D eigenvalue weighted by Crippen LogP contribution is 2.18. The van der Waals surface area contributed by atoms with E-state index in [-0.39, 0.29) is 6.10 Å². The van der Waals surface area contributed by atoms with Crippen molar-refractivity contribution < 1.29 is 9.63 Å². The molecule has 0 aromatic carbocycles. The minimum absolute atomic E-state index is 0.166. The molecule has 1 aromatic heterocycles. The Labute approximate surface area is 108 Å². The van der Waals surface area contributed by atoms with Crippen molar-refractivity contribution >= 4 is 0 Å². The Balaban J connectivity index is 1.87. The van der Waals surface area contributed by atoms with Gasteiger partial charge in [-0.2, -0.15) is 4.98 Å². The van der Waals surface area contributed by atoms with Crippen molar-refractivity contribution in [2.45, 2.75) is 46.3 Å². The van der Waals surface area contributed by atoms with Crippen molar-refractivity contribution in [3.63, 3.8) is 0 Å². The first-order valence-electron chi connectivity index (χ1n) is 6.76. The Bertz CT molecular complexity index is 378. The molecule has 1 aliphatic heterocycles. The maximum atomic E-state index is 9.69. The van der Waals surface area contributed by atoms with E-state index < -0.39 is 0 Å². The summed E-state index contributed by atoms with van der Waals surface area (Å²) in [5, 5.41) is 13.7. The fourth-order valence-corrected chi connectivity index (χ4v) is 2.36. The summed E-state index contributed by atoms with van der Waals surface area (Å²) in [6, 6.07) is 0. The molecular weight excluding hydrogens is 230 g/mol. The predicted molar refractivity (Wildman–Crippen MR) is 67.9 cm³/mol. The van der Waals surface area contributed by atoms with E-state index >= 15 is 0 Å². The van der Waals surface area contributed by atoms with Crippen molar-refractivity contribution in [2.75, 3.05) is 13.1 Å². The molecule has 1 N–H and O–H groups in total. The van der Waals surface area contributed by atoms with E-state index in [0.29, 0.717) is 24.3 Å². The summed E-state index contributed by atoms with van der Waals surface area (Å²) < 4.78 is 5.27. The Hall–Kier alpha value is -0.940. The molecule has 0 spiro atoms. The maximum absolute atomic E-state index is 9.69. The van der Waals surface area contributed by atoms with Gasteiger partial charge in [-0.05, 0) is 18.3 Å². The molecule has 1 aliphatic rings. The summed E-state index contributed by atoms with van der Waals surface area (Å²) in [7, 11) is 0. The van der Waals surface area contributed by atoms with Gasteiger partial charge in [0.1, 0.15) is 0 Å². The maximum Gasteiger partial charge on any atom is 0.240 e. The summed E-state index contributed by atoms with van der Waals surface area (Å²) in [5.74, 6) is 2.34. The highest BCUT2D eigenvalue weighted by Gasteiger charge is 2.25. The van der Waals surface area contributed by atoms with Crippen molar-refractivity contribution in [3.05, 3.63) is 11.7 Å². The molecular formula is C13H23N3O2. The summed E-state index contributed by atoms with van der Waals surface area (Å²) >= 11 is 0. The SMILES string of the molecule is CC(C)Cc1noc(CN2CCC(O)C(C)C2)n1. The topological polar surface area (TPSA) is 62.4 Å². The number of hydrogen-bond donors (Lipinski definition) is 1. The summed E-state index contributed by atoms with van der Waals surface area (Å²) in [5.41, 5.74) is 0. The molecule has 2 atom stereocenters. The summed E-state index contributed by atoms with van der Waals surface area (Å²) in [6.45, 7) is 8.85. The molecule has 0 saturated carbocycles. The molecule has 1 aromatic rings. The lowest BCUT2D eigenvalue weighted by Gasteiger charge is -2.33. The first kappa shape index (κ1) is 13.5. The van der Waals surface area contributed by atoms with Gasteiger partial charge in [-0.15, -0.1) is 0 Å². The van der Waals surface area contributed by atoms with Gasteiger partial charge in [0.2, 0.25) is 5.89 Å². The number of aliphatic hydroxyl groups excluding tert-OH is 1. The summed E-state index contributed by atoms with van der Waals surface area (Å²) in [6.07, 6.45) is 1.52. The molecule has 0 aliphatic carbocycles. The third kappa shape index (κ3) is 3.53. The van der Waals surface area contributed by atoms with Crippen LogP contribution in [0.5, 0.6) is 0 Å². The smallest absolute Gasteiger partial charge is 0.240 e. The van der Waals surface area contributed by atoms with Gasteiger partial charge >= 0.3 is 0 Å². The van der Waals surface area contributed by atoms with E-state index in [0.717, 1.165) is 31.8 Å². The van der Waals surface area contributed by atoms with Crippen LogP contribution in [0.2, 0.25) is 0 Å². The van der Waals surface area contributed by atoms with Crippen LogP contribution in [-0.2, 0) is 13.0 Å². The van der Waals surface area contributed by atoms with Gasteiger partial charge in [-0.25, -0.2) is 0 Å². The van der Waals surface area contributed by atoms with Crippen LogP contribution in [0.3, 0.4) is 0 Å². The molecule has 5 heteroatoms. The molecule has 0 amide bonds. The van der Waals surface area contributed by atoms with Crippen LogP contribution in [0.1, 0.15) is 38.9 Å². The predicted octanol–water partition coefficient (Wildman–Crippen LogP) is 1.47. The highest BCUT2D eigenvalue weighted by molar-refractivity contribution is 4.89. The van der Waals surface area contributed by atoms with Crippen LogP contribution in [0.15, 0.2) is 4.52 Å². The van der Waals surface area contributed by atoms with Crippen LogP contribution >= 0.6 is 0 Å². The second kappa shape index (κ2) is 5.80. The molecule has 5 nitrogen and oxygen atoms in total. The third-order valence-electron chi connectivity index (χ3n) is 3.40. The average molecular weight is 253 g/mol. The second-order valence-electron chi connectivity index (χ2n) is 5.77. The average Bonchev–Trinajstić information content (AvgIpc) is 2.70. The van der Waals surface area contributed by atoms with Crippen molar-refractivity contribution in [2.24, 2.45) is 11.8 Å². The zero-order chi connectivity index (χ0) is 13.1. The van der Waals surface area contributed by atoms with Gasteiger partial charge in [0, 0.05) is 19.5 Å². The molecule has 102 valence electrons. The number of aliphatic hydroxyl groups is 1. The van der Waals surface area contributed by atoms with E-state index in [1.807, 2.05) is 0 Å². The molecule has 0 radical (unpaired) electrons. The van der Waals surface area contributed by atoms with E-state index in [1.54, 1.807) is 0 Å². The van der Waals surface area contributed by atoms with Gasteiger partial charge in [-0.1, -0.05) is 25.9 Å². The first-order chi connectivity index (χ1) is 8.54. The molecule has 18 heavy (non-hydrogen) atoms. The van der Waals surface area contributed by atoms with Crippen LogP contribution < -0.4 is 0 Å². The number of hydrogen-bond acceptors (Lipinski definition) is 5. The Morgan fingerprint density at radius 1 is 1.50 bits per heavy atom. The van der Waals surface area contributed by atoms with Gasteiger partial charge in [-0.3, -0.25) is 4.90 Å². The molecule has 2 rings (SSSR count). The third-order valence-corrected chi connectivity index (χ3v) is 3.40. The highest BCUT2D eigenvalue weighted by atomic mass is 16.5. The van der Waals surface area contributed by atoms with Crippen molar-refractivity contribution in [1.29, 1.82) is 0 Å². The number of aromatic nitrogens is 2. The van der Waals surface area contributed by atoms with E-state index in [4.69, 9.17) is 4.52 Å². The normalized spacial score (nSPS) is 25.8. The lowest BCUT2D eigenvalue weighted by atomic mass is 9.97. The van der Waals surface area contributed by atoms with Crippen molar-refractivity contribution in [1.82, 2.24) is 15.0 Å². The molecule has 2 heterocycles. The van der Waals surface area contributed by atoms with Gasteiger partial charge in [0.05, 0.1) is 12.6 Å². The van der Waals surface area contributed by atoms with Gasteiger partial charge < -0.3 is 9.63 Å². The number of likely N-dealkylation sites (tertiary alicyclic amines) is 1. The zero-order valence-corrected chi connectivity index (χ0v) is 11.5. The molecule has 1 fully saturated rings. The monoisotopic (exact) mass is 253 g/mol. The Morgan fingerprint density at radius 3 is 2.94 bits per heavy atom. The molecule has 1 saturated heterocycles. The van der Waals surface area contributed by atoms with Gasteiger partial charge in [0.15, 0.2) is 5.82 Å². The number of nitrogens with zero attached hydrogens (tertiary/aromatic N) is 3. The second-order valence-corrected chi connectivity index (χ2v) is 5.77. The van der Waals surface area contributed by atoms with Crippen LogP contribution in [0.25, 0.3) is 0 Å². The van der Waals surface area contributed by atoms with Crippen molar-refractivity contribution in [3.8, 4) is 0 Å². The minimum atomic E-state index is -0.166. The number of piperidine rings is 1. The first-order valence-corrected chi connectivity index (χ1v) is 6.76. The van der Waals surface area contributed by atoms with Gasteiger partial charge in [0.25, 0.3) is 0 Å². The fourth-order valence-electron chi connectivity index (χ4n) is 2.36. The van der Waals surface area contributed by atoms with E-state index in [1.165, 1.54) is 0 Å². The Morgan fingerprint density at radius 2 is 2.28 bits per heavy atom. The van der Waals surface area contributed by atoms with Crippen LogP contribution in [0.4, 0.5) is 0 Å². The lowest BCUT2D eigenvalue weighted by Crippen LogP contribution is -2.41. The zero-order valence-electron chi connectivity index (χ0n) is 11.5. The standard InChI is InChI=1S/C13H23N3O2/c1-9(2)6-12-14-13(18-15-12)8-16-5-4-11(17)10(3)7-16/h9-11,17H,4-8H2,1-3H3. The summed E-state index contributed by atoms with van der Waals surface area (Å²) in [4.78, 5) is 6.67. The van der Waals surface area contributed by atoms with Crippen LogP contribution in [0, 0.1) is 11.8 Å². The van der Waals surface area contributed by atoms with Crippen LogP contribution in [-0.4, -0.2) is 39.3 Å². The minimum Gasteiger partial charge on any atom is -0.393 e. The molecule has 0 bridgehead atoms. The lowest BCUT2D eigenvalue weighted by molar-refractivity contribution is 0.0282. The fraction of sp³-hybridized carbons (Fsp3) is 0.846. The largest absolute Gasteiger partial charge is 0.393 e. The molecule has 2 unspecified atom stereocenters. The van der Waals surface area contributed by atoms with E-state index in [9.17, 15) is 5.11 Å². The number of rotatable bonds is 4. The van der Waals surface area contributed by atoms with E-state index in [2.05, 4.69) is 35.8 Å².